The van der Waals surface area contributed by atoms with E-state index >= 15 is 0 Å². The van der Waals surface area contributed by atoms with E-state index in [0.29, 0.717) is 12.0 Å². The van der Waals surface area contributed by atoms with Gasteiger partial charge in [-0.2, -0.15) is 0 Å². The summed E-state index contributed by atoms with van der Waals surface area (Å²) in [6.45, 7) is 0. The van der Waals surface area contributed by atoms with Crippen LogP contribution in [0.4, 0.5) is 0 Å². The highest BCUT2D eigenvalue weighted by atomic mass is 32.1. The topological polar surface area (TPSA) is 24.1 Å². The lowest BCUT2D eigenvalue weighted by Gasteiger charge is -2.26. The Morgan fingerprint density at radius 1 is 0.960 bits per heavy atom. The van der Waals surface area contributed by atoms with Crippen molar-refractivity contribution < 1.29 is 0 Å². The Labute approximate surface area is 155 Å². The first-order chi connectivity index (χ1) is 12.3. The molecule has 2 N–H and O–H groups in total. The van der Waals surface area contributed by atoms with E-state index in [9.17, 15) is 0 Å². The summed E-state index contributed by atoms with van der Waals surface area (Å²) in [7, 11) is 0. The van der Waals surface area contributed by atoms with Gasteiger partial charge in [0.15, 0.2) is 5.11 Å². The van der Waals surface area contributed by atoms with E-state index in [2.05, 4.69) is 83.4 Å². The maximum atomic E-state index is 5.65. The molecule has 0 saturated heterocycles. The molecule has 0 aromatic heterocycles. The summed E-state index contributed by atoms with van der Waals surface area (Å²) in [5.74, 6) is 1.40. The van der Waals surface area contributed by atoms with Gasteiger partial charge in [0.05, 0.1) is 6.04 Å². The van der Waals surface area contributed by atoms with E-state index in [0.717, 1.165) is 17.5 Å². The van der Waals surface area contributed by atoms with Crippen LogP contribution in [0.15, 0.2) is 72.8 Å². The lowest BCUT2D eigenvalue weighted by molar-refractivity contribution is 0.511. The molecule has 2 bridgehead atoms. The molecule has 2 aromatic carbocycles. The Hall–Kier alpha value is -2.13. The second-order valence-electron chi connectivity index (χ2n) is 7.16. The van der Waals surface area contributed by atoms with Crippen molar-refractivity contribution in [2.24, 2.45) is 11.8 Å². The third-order valence-corrected chi connectivity index (χ3v) is 5.62. The number of allylic oxidation sites excluding steroid dienone is 1. The van der Waals surface area contributed by atoms with E-state index in [1.54, 1.807) is 0 Å². The molecule has 4 rings (SSSR count). The van der Waals surface area contributed by atoms with Crippen LogP contribution in [0.25, 0.3) is 0 Å². The molecule has 3 heteroatoms. The molecule has 0 radical (unpaired) electrons. The van der Waals surface area contributed by atoms with Gasteiger partial charge in [-0.1, -0.05) is 72.8 Å². The average Bonchev–Trinajstić information content (AvgIpc) is 3.26. The normalized spacial score (nSPS) is 24.9. The molecule has 25 heavy (non-hydrogen) atoms. The lowest BCUT2D eigenvalue weighted by Crippen LogP contribution is -2.45. The van der Waals surface area contributed by atoms with Crippen LogP contribution in [0.5, 0.6) is 0 Å². The summed E-state index contributed by atoms with van der Waals surface area (Å²) < 4.78 is 0. The minimum atomic E-state index is 0.178. The van der Waals surface area contributed by atoms with Crippen LogP contribution >= 0.6 is 12.2 Å². The molecule has 0 spiro atoms. The van der Waals surface area contributed by atoms with Crippen molar-refractivity contribution in [1.29, 1.82) is 0 Å². The van der Waals surface area contributed by atoms with E-state index < -0.39 is 0 Å². The second-order valence-corrected chi connectivity index (χ2v) is 7.57. The molecule has 0 unspecified atom stereocenters. The number of nitrogens with one attached hydrogen (secondary N) is 2. The Morgan fingerprint density at radius 2 is 1.68 bits per heavy atom. The van der Waals surface area contributed by atoms with Crippen molar-refractivity contribution in [1.82, 2.24) is 10.6 Å². The first-order valence-electron chi connectivity index (χ1n) is 9.12. The van der Waals surface area contributed by atoms with Crippen LogP contribution < -0.4 is 10.6 Å². The Bertz CT molecular complexity index is 741. The first kappa shape index (κ1) is 16.3. The van der Waals surface area contributed by atoms with Crippen molar-refractivity contribution in [3.05, 3.63) is 83.9 Å². The molecule has 0 amide bonds. The van der Waals surface area contributed by atoms with Gasteiger partial charge >= 0.3 is 0 Å². The monoisotopic (exact) mass is 348 g/mol. The molecule has 0 aliphatic heterocycles. The molecular weight excluding hydrogens is 324 g/mol. The molecule has 4 atom stereocenters. The Morgan fingerprint density at radius 3 is 2.32 bits per heavy atom. The maximum absolute atomic E-state index is 5.65. The third kappa shape index (κ3) is 3.93. The van der Waals surface area contributed by atoms with Crippen LogP contribution in [0, 0.1) is 11.8 Å². The quantitative estimate of drug-likeness (QED) is 0.619. The van der Waals surface area contributed by atoms with Gasteiger partial charge in [0.25, 0.3) is 0 Å². The molecule has 2 aliphatic carbocycles. The minimum absolute atomic E-state index is 0.178. The predicted molar refractivity (Wildman–Crippen MR) is 107 cm³/mol. The zero-order valence-corrected chi connectivity index (χ0v) is 15.1. The van der Waals surface area contributed by atoms with Gasteiger partial charge in [0.2, 0.25) is 0 Å². The van der Waals surface area contributed by atoms with Crippen molar-refractivity contribution in [2.75, 3.05) is 0 Å². The summed E-state index contributed by atoms with van der Waals surface area (Å²) >= 11 is 5.65. The minimum Gasteiger partial charge on any atom is -0.359 e. The highest BCUT2D eigenvalue weighted by Crippen LogP contribution is 2.38. The number of rotatable bonds is 5. The maximum Gasteiger partial charge on any atom is 0.167 e. The molecule has 2 aromatic rings. The summed E-state index contributed by atoms with van der Waals surface area (Å²) in [6.07, 6.45) is 8.13. The fourth-order valence-corrected chi connectivity index (χ4v) is 4.40. The molecule has 1 fully saturated rings. The summed E-state index contributed by atoms with van der Waals surface area (Å²) in [5, 5.41) is 7.90. The van der Waals surface area contributed by atoms with Gasteiger partial charge in [-0.05, 0) is 54.4 Å². The smallest absolute Gasteiger partial charge is 0.167 e. The van der Waals surface area contributed by atoms with Crippen LogP contribution in [-0.2, 0) is 6.42 Å². The highest BCUT2D eigenvalue weighted by molar-refractivity contribution is 7.80. The SMILES string of the molecule is S=C(N[C@@H](Cc1ccccc1)c1ccccc1)N[C@H]1C[C@H]2C=C[C@@H]1C2. The Kier molecular flexibility index (Phi) is 4.84. The van der Waals surface area contributed by atoms with Gasteiger partial charge in [-0.3, -0.25) is 0 Å². The average molecular weight is 349 g/mol. The summed E-state index contributed by atoms with van der Waals surface area (Å²) in [6, 6.07) is 21.8. The van der Waals surface area contributed by atoms with Crippen molar-refractivity contribution in [3.8, 4) is 0 Å². The fourth-order valence-electron chi connectivity index (χ4n) is 4.10. The molecule has 128 valence electrons. The standard InChI is InChI=1S/C22H24N2S/c25-22(24-21-15-17-11-12-19(21)13-17)23-20(18-9-5-2-6-10-18)14-16-7-3-1-4-8-16/h1-12,17,19-21H,13-15H2,(H2,23,24,25)/t17-,19+,20-,21-/m0/s1. The summed E-state index contributed by atoms with van der Waals surface area (Å²) in [4.78, 5) is 0. The highest BCUT2D eigenvalue weighted by Gasteiger charge is 2.36. The molecule has 2 nitrogen and oxygen atoms in total. The van der Waals surface area contributed by atoms with Crippen LogP contribution in [0.1, 0.15) is 30.0 Å². The first-order valence-corrected chi connectivity index (χ1v) is 9.53. The van der Waals surface area contributed by atoms with E-state index in [4.69, 9.17) is 12.2 Å². The zero-order valence-electron chi connectivity index (χ0n) is 14.3. The van der Waals surface area contributed by atoms with Crippen molar-refractivity contribution in [2.45, 2.75) is 31.3 Å². The van der Waals surface area contributed by atoms with E-state index in [1.807, 2.05) is 0 Å². The van der Waals surface area contributed by atoms with E-state index in [-0.39, 0.29) is 6.04 Å². The van der Waals surface area contributed by atoms with Crippen LogP contribution in [0.2, 0.25) is 0 Å². The number of benzene rings is 2. The number of fused-ring (bicyclic) bond motifs is 2. The number of hydrogen-bond acceptors (Lipinski definition) is 1. The van der Waals surface area contributed by atoms with Gasteiger partial charge in [-0.25, -0.2) is 0 Å². The Balaban J connectivity index is 1.44. The van der Waals surface area contributed by atoms with Gasteiger partial charge in [0.1, 0.15) is 0 Å². The predicted octanol–water partition coefficient (Wildman–Crippen LogP) is 4.40. The van der Waals surface area contributed by atoms with Crippen LogP contribution in [-0.4, -0.2) is 11.2 Å². The second kappa shape index (κ2) is 7.40. The zero-order chi connectivity index (χ0) is 17.1. The molecule has 1 saturated carbocycles. The number of hydrogen-bond donors (Lipinski definition) is 2. The fraction of sp³-hybridized carbons (Fsp3) is 0.318. The van der Waals surface area contributed by atoms with Gasteiger partial charge in [0, 0.05) is 6.04 Å². The third-order valence-electron chi connectivity index (χ3n) is 5.39. The van der Waals surface area contributed by atoms with Gasteiger partial charge in [-0.15, -0.1) is 0 Å². The molecule has 2 aliphatic rings. The summed E-state index contributed by atoms with van der Waals surface area (Å²) in [5.41, 5.74) is 2.58. The number of thiocarbonyl (C=S) groups is 1. The lowest BCUT2D eigenvalue weighted by atomic mass is 9.99. The van der Waals surface area contributed by atoms with Crippen molar-refractivity contribution in [3.63, 3.8) is 0 Å². The van der Waals surface area contributed by atoms with Crippen LogP contribution in [0.3, 0.4) is 0 Å². The van der Waals surface area contributed by atoms with E-state index in [1.165, 1.54) is 24.0 Å². The van der Waals surface area contributed by atoms with Crippen molar-refractivity contribution >= 4 is 17.3 Å². The molecule has 0 heterocycles. The largest absolute Gasteiger partial charge is 0.359 e. The van der Waals surface area contributed by atoms with Gasteiger partial charge < -0.3 is 10.6 Å². The molecular formula is C22H24N2S.